The molecule has 2 amide bonds. The summed E-state index contributed by atoms with van der Waals surface area (Å²) in [5.74, 6) is 0.548. The predicted octanol–water partition coefficient (Wildman–Crippen LogP) is 4.61. The first kappa shape index (κ1) is 20.7. The summed E-state index contributed by atoms with van der Waals surface area (Å²) >= 11 is 0. The number of methoxy groups -OCH3 is 2. The van der Waals surface area contributed by atoms with E-state index in [-0.39, 0.29) is 11.8 Å². The fourth-order valence-electron chi connectivity index (χ4n) is 2.82. The average Bonchev–Trinajstić information content (AvgIpc) is 2.78. The Balaban J connectivity index is 1.73. The molecule has 0 bridgehead atoms. The third-order valence-electron chi connectivity index (χ3n) is 4.31. The summed E-state index contributed by atoms with van der Waals surface area (Å²) in [5.41, 5.74) is 2.12. The number of ether oxygens (including phenoxy) is 2. The standard InChI is InChI=1S/C24H22N2O4/c1-29-18-9-7-8-17(16-18)14-15-23(27)25-20-11-4-3-10-19(20)24(28)26-21-12-5-6-13-22(21)30-2/h3-16H,1-2H3,(H,25,27)(H,26,28)/b15-14+. The van der Waals surface area contributed by atoms with Gasteiger partial charge in [0.15, 0.2) is 0 Å². The first-order chi connectivity index (χ1) is 14.6. The number of rotatable bonds is 7. The molecule has 0 aliphatic carbocycles. The maximum Gasteiger partial charge on any atom is 0.257 e. The zero-order chi connectivity index (χ0) is 21.3. The maximum absolute atomic E-state index is 12.8. The number of nitrogens with one attached hydrogen (secondary N) is 2. The molecule has 3 rings (SSSR count). The quantitative estimate of drug-likeness (QED) is 0.566. The number of carbonyl (C=O) groups is 2. The van der Waals surface area contributed by atoms with Crippen molar-refractivity contribution in [3.63, 3.8) is 0 Å². The summed E-state index contributed by atoms with van der Waals surface area (Å²) in [6, 6.07) is 21.3. The monoisotopic (exact) mass is 402 g/mol. The number of amides is 2. The molecular weight excluding hydrogens is 380 g/mol. The van der Waals surface area contributed by atoms with Crippen molar-refractivity contribution in [2.45, 2.75) is 0 Å². The third kappa shape index (κ3) is 5.26. The van der Waals surface area contributed by atoms with E-state index in [1.54, 1.807) is 55.7 Å². The topological polar surface area (TPSA) is 76.7 Å². The van der Waals surface area contributed by atoms with Gasteiger partial charge in [0.2, 0.25) is 5.91 Å². The highest BCUT2D eigenvalue weighted by atomic mass is 16.5. The minimum atomic E-state index is -0.354. The number of carbonyl (C=O) groups excluding carboxylic acids is 2. The van der Waals surface area contributed by atoms with Crippen LogP contribution in [0.5, 0.6) is 11.5 Å². The van der Waals surface area contributed by atoms with E-state index in [1.165, 1.54) is 13.2 Å². The van der Waals surface area contributed by atoms with Crippen LogP contribution < -0.4 is 20.1 Å². The summed E-state index contributed by atoms with van der Waals surface area (Å²) < 4.78 is 10.4. The van der Waals surface area contributed by atoms with E-state index in [1.807, 2.05) is 30.3 Å². The molecule has 0 unspecified atom stereocenters. The van der Waals surface area contributed by atoms with Crippen molar-refractivity contribution in [3.05, 3.63) is 90.0 Å². The number of benzene rings is 3. The van der Waals surface area contributed by atoms with Gasteiger partial charge in [-0.2, -0.15) is 0 Å². The Kier molecular flexibility index (Phi) is 6.84. The van der Waals surface area contributed by atoms with E-state index >= 15 is 0 Å². The molecule has 0 radical (unpaired) electrons. The van der Waals surface area contributed by atoms with Crippen LogP contribution in [0.15, 0.2) is 78.9 Å². The first-order valence-electron chi connectivity index (χ1n) is 9.27. The smallest absolute Gasteiger partial charge is 0.257 e. The van der Waals surface area contributed by atoms with Crippen LogP contribution in [0.3, 0.4) is 0 Å². The fraction of sp³-hybridized carbons (Fsp3) is 0.0833. The second kappa shape index (κ2) is 9.93. The second-order valence-corrected chi connectivity index (χ2v) is 6.30. The van der Waals surface area contributed by atoms with Gasteiger partial charge in [0.1, 0.15) is 11.5 Å². The lowest BCUT2D eigenvalue weighted by atomic mass is 10.1. The molecule has 0 aliphatic heterocycles. The zero-order valence-electron chi connectivity index (χ0n) is 16.7. The second-order valence-electron chi connectivity index (χ2n) is 6.30. The van der Waals surface area contributed by atoms with Crippen molar-refractivity contribution < 1.29 is 19.1 Å². The Morgan fingerprint density at radius 3 is 2.30 bits per heavy atom. The minimum absolute atomic E-state index is 0.339. The molecule has 30 heavy (non-hydrogen) atoms. The van der Waals surface area contributed by atoms with Crippen molar-refractivity contribution in [2.24, 2.45) is 0 Å². The summed E-state index contributed by atoms with van der Waals surface area (Å²) in [6.45, 7) is 0. The summed E-state index contributed by atoms with van der Waals surface area (Å²) in [5, 5.41) is 5.57. The van der Waals surface area contributed by atoms with Crippen molar-refractivity contribution in [3.8, 4) is 11.5 Å². The van der Waals surface area contributed by atoms with E-state index in [0.29, 0.717) is 28.4 Å². The lowest BCUT2D eigenvalue weighted by molar-refractivity contribution is -0.111. The third-order valence-corrected chi connectivity index (χ3v) is 4.31. The minimum Gasteiger partial charge on any atom is -0.497 e. The fourth-order valence-corrected chi connectivity index (χ4v) is 2.82. The molecule has 0 spiro atoms. The average molecular weight is 402 g/mol. The SMILES string of the molecule is COc1cccc(/C=C/C(=O)Nc2ccccc2C(=O)Nc2ccccc2OC)c1. The molecule has 2 N–H and O–H groups in total. The molecule has 0 heterocycles. The Morgan fingerprint density at radius 1 is 0.800 bits per heavy atom. The molecule has 0 saturated carbocycles. The molecule has 0 atom stereocenters. The van der Waals surface area contributed by atoms with Gasteiger partial charge in [-0.25, -0.2) is 0 Å². The van der Waals surface area contributed by atoms with Crippen molar-refractivity contribution in [1.29, 1.82) is 0 Å². The van der Waals surface area contributed by atoms with Crippen LogP contribution in [0.25, 0.3) is 6.08 Å². The van der Waals surface area contributed by atoms with Gasteiger partial charge in [-0.05, 0) is 48.0 Å². The molecule has 3 aromatic carbocycles. The van der Waals surface area contributed by atoms with Crippen molar-refractivity contribution >= 4 is 29.3 Å². The highest BCUT2D eigenvalue weighted by Gasteiger charge is 2.14. The molecule has 6 nitrogen and oxygen atoms in total. The van der Waals surface area contributed by atoms with Gasteiger partial charge in [-0.15, -0.1) is 0 Å². The van der Waals surface area contributed by atoms with Crippen LogP contribution >= 0.6 is 0 Å². The summed E-state index contributed by atoms with van der Waals surface area (Å²) in [4.78, 5) is 25.2. The Hall–Kier alpha value is -4.06. The molecular formula is C24H22N2O4. The molecule has 6 heteroatoms. The highest BCUT2D eigenvalue weighted by molar-refractivity contribution is 6.12. The number of para-hydroxylation sites is 3. The summed E-state index contributed by atoms with van der Waals surface area (Å²) in [6.07, 6.45) is 3.08. The van der Waals surface area contributed by atoms with Crippen LogP contribution in [0.4, 0.5) is 11.4 Å². The Bertz CT molecular complexity index is 1080. The summed E-state index contributed by atoms with van der Waals surface area (Å²) in [7, 11) is 3.12. The van der Waals surface area contributed by atoms with Crippen LogP contribution in [0, 0.1) is 0 Å². The molecule has 0 fully saturated rings. The molecule has 3 aromatic rings. The maximum atomic E-state index is 12.8. The van der Waals surface area contributed by atoms with E-state index in [4.69, 9.17) is 9.47 Å². The van der Waals surface area contributed by atoms with Gasteiger partial charge < -0.3 is 20.1 Å². The van der Waals surface area contributed by atoms with Gasteiger partial charge in [-0.3, -0.25) is 9.59 Å². The highest BCUT2D eigenvalue weighted by Crippen LogP contribution is 2.25. The van der Waals surface area contributed by atoms with E-state index in [9.17, 15) is 9.59 Å². The molecule has 152 valence electrons. The van der Waals surface area contributed by atoms with Crippen LogP contribution in [0.2, 0.25) is 0 Å². The Morgan fingerprint density at radius 2 is 1.53 bits per heavy atom. The number of hydrogen-bond donors (Lipinski definition) is 2. The van der Waals surface area contributed by atoms with Gasteiger partial charge in [0, 0.05) is 6.08 Å². The lowest BCUT2D eigenvalue weighted by Gasteiger charge is -2.12. The number of hydrogen-bond acceptors (Lipinski definition) is 4. The Labute approximate surface area is 175 Å². The van der Waals surface area contributed by atoms with Gasteiger partial charge in [0.25, 0.3) is 5.91 Å². The number of anilines is 2. The van der Waals surface area contributed by atoms with Crippen molar-refractivity contribution in [1.82, 2.24) is 0 Å². The van der Waals surface area contributed by atoms with Gasteiger partial charge in [-0.1, -0.05) is 36.4 Å². The van der Waals surface area contributed by atoms with Gasteiger partial charge in [0.05, 0.1) is 31.2 Å². The van der Waals surface area contributed by atoms with Crippen LogP contribution in [0.1, 0.15) is 15.9 Å². The predicted molar refractivity (Wildman–Crippen MR) is 118 cm³/mol. The zero-order valence-corrected chi connectivity index (χ0v) is 16.7. The lowest BCUT2D eigenvalue weighted by Crippen LogP contribution is -2.17. The first-order valence-corrected chi connectivity index (χ1v) is 9.27. The van der Waals surface area contributed by atoms with E-state index in [2.05, 4.69) is 10.6 Å². The normalized spacial score (nSPS) is 10.5. The van der Waals surface area contributed by atoms with E-state index < -0.39 is 0 Å². The molecule has 0 aromatic heterocycles. The largest absolute Gasteiger partial charge is 0.497 e. The molecule has 0 aliphatic rings. The van der Waals surface area contributed by atoms with Crippen LogP contribution in [-0.4, -0.2) is 26.0 Å². The molecule has 0 saturated heterocycles. The van der Waals surface area contributed by atoms with E-state index in [0.717, 1.165) is 5.56 Å². The van der Waals surface area contributed by atoms with Gasteiger partial charge >= 0.3 is 0 Å². The van der Waals surface area contributed by atoms with Crippen molar-refractivity contribution in [2.75, 3.05) is 24.9 Å². The van der Waals surface area contributed by atoms with Crippen LogP contribution in [-0.2, 0) is 4.79 Å².